The number of rotatable bonds is 3. The average molecular weight is 293 g/mol. The van der Waals surface area contributed by atoms with Crippen molar-refractivity contribution in [1.29, 1.82) is 0 Å². The quantitative estimate of drug-likeness (QED) is 0.699. The number of hydrogen-bond donors (Lipinski definition) is 1. The second-order valence-electron chi connectivity index (χ2n) is 4.89. The van der Waals surface area contributed by atoms with Crippen molar-refractivity contribution in [1.82, 2.24) is 5.32 Å². The number of nitrogens with one attached hydrogen (secondary N) is 1. The summed E-state index contributed by atoms with van der Waals surface area (Å²) in [6.07, 6.45) is 1.77. The molecule has 0 bridgehead atoms. The van der Waals surface area contributed by atoms with Gasteiger partial charge in [-0.1, -0.05) is 30.3 Å². The van der Waals surface area contributed by atoms with Crippen molar-refractivity contribution in [2.75, 3.05) is 6.61 Å². The fourth-order valence-corrected chi connectivity index (χ4v) is 2.41. The Hall–Kier alpha value is -2.88. The predicted molar refractivity (Wildman–Crippen MR) is 84.4 cm³/mol. The van der Waals surface area contributed by atoms with Crippen LogP contribution in [0.1, 0.15) is 28.4 Å². The standard InChI is InChI=1S/C18H15NO3/c1-2-22-13-9-7-12(8-10-13)11-16-14-5-3-4-6-15(14)17(20)19-18(16)21/h3-11H,2H2,1H3,(H,19,20,21)/b16-11+. The van der Waals surface area contributed by atoms with Crippen LogP contribution in [-0.4, -0.2) is 18.4 Å². The molecule has 0 radical (unpaired) electrons. The predicted octanol–water partition coefficient (Wildman–Crippen LogP) is 2.90. The van der Waals surface area contributed by atoms with E-state index >= 15 is 0 Å². The zero-order valence-corrected chi connectivity index (χ0v) is 12.1. The molecule has 0 atom stereocenters. The molecule has 4 nitrogen and oxygen atoms in total. The maximum Gasteiger partial charge on any atom is 0.258 e. The van der Waals surface area contributed by atoms with Gasteiger partial charge in [0.05, 0.1) is 6.61 Å². The lowest BCUT2D eigenvalue weighted by molar-refractivity contribution is -0.114. The van der Waals surface area contributed by atoms with Crippen LogP contribution in [-0.2, 0) is 4.79 Å². The number of ether oxygens (including phenoxy) is 1. The van der Waals surface area contributed by atoms with E-state index in [4.69, 9.17) is 4.74 Å². The lowest BCUT2D eigenvalue weighted by atomic mass is 9.93. The molecule has 0 saturated heterocycles. The van der Waals surface area contributed by atoms with E-state index in [1.807, 2.05) is 37.3 Å². The molecule has 2 amide bonds. The highest BCUT2D eigenvalue weighted by atomic mass is 16.5. The number of amides is 2. The zero-order chi connectivity index (χ0) is 15.5. The van der Waals surface area contributed by atoms with E-state index < -0.39 is 0 Å². The van der Waals surface area contributed by atoms with Crippen LogP contribution in [0.5, 0.6) is 5.75 Å². The molecule has 0 saturated carbocycles. The summed E-state index contributed by atoms with van der Waals surface area (Å²) in [5.74, 6) is 0.0513. The van der Waals surface area contributed by atoms with Crippen molar-refractivity contribution in [3.63, 3.8) is 0 Å². The van der Waals surface area contributed by atoms with Gasteiger partial charge in [-0.05, 0) is 42.3 Å². The Morgan fingerprint density at radius 3 is 2.32 bits per heavy atom. The van der Waals surface area contributed by atoms with Crippen molar-refractivity contribution in [3.8, 4) is 5.75 Å². The van der Waals surface area contributed by atoms with E-state index in [0.29, 0.717) is 23.3 Å². The Morgan fingerprint density at radius 2 is 1.64 bits per heavy atom. The lowest BCUT2D eigenvalue weighted by Crippen LogP contribution is -2.36. The molecule has 1 aliphatic heterocycles. The number of hydrogen-bond acceptors (Lipinski definition) is 3. The number of benzene rings is 2. The molecule has 1 heterocycles. The Bertz CT molecular complexity index is 760. The van der Waals surface area contributed by atoms with Crippen LogP contribution in [0, 0.1) is 0 Å². The van der Waals surface area contributed by atoms with Crippen molar-refractivity contribution >= 4 is 23.5 Å². The zero-order valence-electron chi connectivity index (χ0n) is 12.1. The lowest BCUT2D eigenvalue weighted by Gasteiger charge is -2.18. The van der Waals surface area contributed by atoms with Gasteiger partial charge in [0.15, 0.2) is 0 Å². The van der Waals surface area contributed by atoms with Gasteiger partial charge in [0, 0.05) is 11.1 Å². The van der Waals surface area contributed by atoms with Crippen LogP contribution in [0.4, 0.5) is 0 Å². The van der Waals surface area contributed by atoms with E-state index in [1.165, 1.54) is 0 Å². The first-order valence-electron chi connectivity index (χ1n) is 7.08. The van der Waals surface area contributed by atoms with Crippen LogP contribution < -0.4 is 10.1 Å². The molecule has 1 aliphatic rings. The number of carbonyl (C=O) groups is 2. The molecule has 0 aromatic heterocycles. The van der Waals surface area contributed by atoms with E-state index in [9.17, 15) is 9.59 Å². The summed E-state index contributed by atoms with van der Waals surface area (Å²) in [6, 6.07) is 14.6. The molecule has 1 N–H and O–H groups in total. The van der Waals surface area contributed by atoms with Crippen molar-refractivity contribution in [2.24, 2.45) is 0 Å². The number of carbonyl (C=O) groups excluding carboxylic acids is 2. The first-order chi connectivity index (χ1) is 10.7. The Kier molecular flexibility index (Phi) is 3.74. The smallest absolute Gasteiger partial charge is 0.258 e. The van der Waals surface area contributed by atoms with Gasteiger partial charge in [0.1, 0.15) is 5.75 Å². The Balaban J connectivity index is 2.01. The van der Waals surface area contributed by atoms with Gasteiger partial charge < -0.3 is 4.74 Å². The van der Waals surface area contributed by atoms with Gasteiger partial charge in [-0.15, -0.1) is 0 Å². The van der Waals surface area contributed by atoms with Crippen LogP contribution >= 0.6 is 0 Å². The van der Waals surface area contributed by atoms with Crippen molar-refractivity contribution in [2.45, 2.75) is 6.92 Å². The fourth-order valence-electron chi connectivity index (χ4n) is 2.41. The minimum atomic E-state index is -0.377. The molecule has 4 heteroatoms. The third kappa shape index (κ3) is 2.63. The number of fused-ring (bicyclic) bond motifs is 1. The fraction of sp³-hybridized carbons (Fsp3) is 0.111. The Labute approximate surface area is 128 Å². The van der Waals surface area contributed by atoms with E-state index in [1.54, 1.807) is 24.3 Å². The average Bonchev–Trinajstić information content (AvgIpc) is 2.53. The van der Waals surface area contributed by atoms with Gasteiger partial charge in [0.2, 0.25) is 0 Å². The molecular formula is C18H15NO3. The summed E-state index contributed by atoms with van der Waals surface area (Å²) in [5.41, 5.74) is 2.53. The minimum absolute atomic E-state index is 0.357. The normalized spacial score (nSPS) is 15.4. The molecule has 110 valence electrons. The van der Waals surface area contributed by atoms with E-state index in [-0.39, 0.29) is 11.8 Å². The second kappa shape index (κ2) is 5.85. The second-order valence-corrected chi connectivity index (χ2v) is 4.89. The largest absolute Gasteiger partial charge is 0.494 e. The van der Waals surface area contributed by atoms with E-state index in [0.717, 1.165) is 11.3 Å². The minimum Gasteiger partial charge on any atom is -0.494 e. The molecule has 3 rings (SSSR count). The first-order valence-corrected chi connectivity index (χ1v) is 7.08. The van der Waals surface area contributed by atoms with Gasteiger partial charge in [-0.25, -0.2) is 0 Å². The van der Waals surface area contributed by atoms with Gasteiger partial charge in [-0.3, -0.25) is 14.9 Å². The monoisotopic (exact) mass is 293 g/mol. The molecule has 2 aromatic rings. The Morgan fingerprint density at radius 1 is 0.955 bits per heavy atom. The third-order valence-corrected chi connectivity index (χ3v) is 3.44. The SMILES string of the molecule is CCOc1ccc(/C=C2/C(=O)NC(=O)c3ccccc32)cc1. The van der Waals surface area contributed by atoms with Crippen LogP contribution in [0.25, 0.3) is 11.6 Å². The van der Waals surface area contributed by atoms with Crippen molar-refractivity contribution in [3.05, 3.63) is 65.2 Å². The summed E-state index contributed by atoms with van der Waals surface area (Å²) in [4.78, 5) is 24.0. The van der Waals surface area contributed by atoms with Crippen LogP contribution in [0.15, 0.2) is 48.5 Å². The molecule has 0 fully saturated rings. The molecule has 22 heavy (non-hydrogen) atoms. The summed E-state index contributed by atoms with van der Waals surface area (Å²) in [7, 11) is 0. The van der Waals surface area contributed by atoms with Gasteiger partial charge >= 0.3 is 0 Å². The molecule has 0 unspecified atom stereocenters. The maximum absolute atomic E-state index is 12.1. The summed E-state index contributed by atoms with van der Waals surface area (Å²) < 4.78 is 5.40. The highest BCUT2D eigenvalue weighted by Crippen LogP contribution is 2.26. The molecule has 2 aromatic carbocycles. The van der Waals surface area contributed by atoms with Crippen molar-refractivity contribution < 1.29 is 14.3 Å². The number of imide groups is 1. The third-order valence-electron chi connectivity index (χ3n) is 3.44. The molecular weight excluding hydrogens is 278 g/mol. The molecule has 0 spiro atoms. The van der Waals surface area contributed by atoms with Crippen LogP contribution in [0.2, 0.25) is 0 Å². The van der Waals surface area contributed by atoms with Gasteiger partial charge in [-0.2, -0.15) is 0 Å². The van der Waals surface area contributed by atoms with E-state index in [2.05, 4.69) is 5.32 Å². The summed E-state index contributed by atoms with van der Waals surface area (Å²) in [5, 5.41) is 2.37. The van der Waals surface area contributed by atoms with Gasteiger partial charge in [0.25, 0.3) is 11.8 Å². The maximum atomic E-state index is 12.1. The summed E-state index contributed by atoms with van der Waals surface area (Å²) in [6.45, 7) is 2.54. The highest BCUT2D eigenvalue weighted by Gasteiger charge is 2.26. The topological polar surface area (TPSA) is 55.4 Å². The van der Waals surface area contributed by atoms with Crippen LogP contribution in [0.3, 0.4) is 0 Å². The molecule has 0 aliphatic carbocycles. The highest BCUT2D eigenvalue weighted by molar-refractivity contribution is 6.33. The summed E-state index contributed by atoms with van der Waals surface area (Å²) >= 11 is 0. The first kappa shape index (κ1) is 14.1.